The van der Waals surface area contributed by atoms with Crippen LogP contribution in [0.5, 0.6) is 5.75 Å². The Labute approximate surface area is 200 Å². The summed E-state index contributed by atoms with van der Waals surface area (Å²) in [4.78, 5) is 23.4. The number of hydrogen-bond donors (Lipinski definition) is 2. The molecule has 0 atom stereocenters. The molecule has 0 bridgehead atoms. The summed E-state index contributed by atoms with van der Waals surface area (Å²) in [6, 6.07) is 9.42. The Hall–Kier alpha value is -3.21. The van der Waals surface area contributed by atoms with E-state index in [4.69, 9.17) is 4.74 Å². The van der Waals surface area contributed by atoms with Crippen molar-refractivity contribution in [1.29, 1.82) is 0 Å². The molecule has 1 aliphatic heterocycles. The highest BCUT2D eigenvalue weighted by atomic mass is 32.2. The van der Waals surface area contributed by atoms with Crippen molar-refractivity contribution < 1.29 is 18.3 Å². The molecule has 0 radical (unpaired) electrons. The van der Waals surface area contributed by atoms with Crippen molar-refractivity contribution in [3.63, 3.8) is 0 Å². The van der Waals surface area contributed by atoms with E-state index in [-0.39, 0.29) is 31.7 Å². The Bertz CT molecular complexity index is 1160. The van der Waals surface area contributed by atoms with Crippen LogP contribution in [0.25, 0.3) is 0 Å². The van der Waals surface area contributed by atoms with E-state index < -0.39 is 5.92 Å². The molecular formula is C23H26F2N6O2S. The smallest absolute Gasteiger partial charge is 0.251 e. The first-order chi connectivity index (χ1) is 16.2. The van der Waals surface area contributed by atoms with E-state index in [1.165, 1.54) is 18.9 Å². The predicted octanol–water partition coefficient (Wildman–Crippen LogP) is 4.78. The highest BCUT2D eigenvalue weighted by Crippen LogP contribution is 2.40. The van der Waals surface area contributed by atoms with E-state index in [0.29, 0.717) is 34.8 Å². The summed E-state index contributed by atoms with van der Waals surface area (Å²) in [6.45, 7) is 3.75. The molecule has 0 unspecified atom stereocenters. The minimum absolute atomic E-state index is 0.0972. The number of halogens is 2. The summed E-state index contributed by atoms with van der Waals surface area (Å²) in [5.41, 5.74) is 1.80. The van der Waals surface area contributed by atoms with Gasteiger partial charge in [-0.25, -0.2) is 18.7 Å². The van der Waals surface area contributed by atoms with Crippen molar-refractivity contribution >= 4 is 35.0 Å². The van der Waals surface area contributed by atoms with Crippen molar-refractivity contribution in [2.24, 2.45) is 0 Å². The number of aromatic amines is 1. The van der Waals surface area contributed by atoms with Gasteiger partial charge in [0.25, 0.3) is 5.92 Å². The van der Waals surface area contributed by atoms with Gasteiger partial charge >= 0.3 is 0 Å². The molecule has 3 aromatic rings. The minimum Gasteiger partial charge on any atom is -0.490 e. The van der Waals surface area contributed by atoms with Crippen LogP contribution in [0.2, 0.25) is 0 Å². The fourth-order valence-corrected chi connectivity index (χ4v) is 4.42. The number of benzene rings is 1. The van der Waals surface area contributed by atoms with E-state index in [9.17, 15) is 13.6 Å². The monoisotopic (exact) mass is 488 g/mol. The van der Waals surface area contributed by atoms with Crippen molar-refractivity contribution in [3.05, 3.63) is 41.6 Å². The normalized spacial score (nSPS) is 15.3. The van der Waals surface area contributed by atoms with Crippen molar-refractivity contribution in [2.75, 3.05) is 30.4 Å². The van der Waals surface area contributed by atoms with E-state index >= 15 is 0 Å². The molecule has 2 N–H and O–H groups in total. The molecule has 11 heteroatoms. The number of H-pyrrole nitrogens is 1. The summed E-state index contributed by atoms with van der Waals surface area (Å²) >= 11 is 1.34. The highest BCUT2D eigenvalue weighted by Gasteiger charge is 2.36. The van der Waals surface area contributed by atoms with E-state index in [0.717, 1.165) is 16.2 Å². The second-order valence-corrected chi connectivity index (χ2v) is 9.28. The average molecular weight is 489 g/mol. The lowest BCUT2D eigenvalue weighted by Gasteiger charge is -2.33. The van der Waals surface area contributed by atoms with Crippen molar-refractivity contribution in [1.82, 2.24) is 20.2 Å². The quantitative estimate of drug-likeness (QED) is 0.438. The third-order valence-corrected chi connectivity index (χ3v) is 6.24. The molecule has 0 saturated carbocycles. The highest BCUT2D eigenvalue weighted by molar-refractivity contribution is 7.99. The maximum Gasteiger partial charge on any atom is 0.251 e. The van der Waals surface area contributed by atoms with Gasteiger partial charge in [0.05, 0.1) is 7.11 Å². The molecule has 0 aliphatic carbocycles. The molecule has 34 heavy (non-hydrogen) atoms. The van der Waals surface area contributed by atoms with E-state index in [1.54, 1.807) is 11.8 Å². The number of rotatable bonds is 8. The van der Waals surface area contributed by atoms with Gasteiger partial charge in [-0.2, -0.15) is 5.10 Å². The standard InChI is InChI=1S/C23H26F2N6O2S/c1-14-12-18(30-29-14)26-20-19(33-3)21(31-10-8-23(24,25)9-11-31)28-22(27-20)34-17-6-4-16(5-7-17)13-15(2)32/h4-7,12H,8-11,13H2,1-3H3,(H2,26,27,28,29,30). The number of aryl methyl sites for hydroxylation is 1. The number of nitrogens with zero attached hydrogens (tertiary/aromatic N) is 4. The predicted molar refractivity (Wildman–Crippen MR) is 127 cm³/mol. The number of alkyl halides is 2. The van der Waals surface area contributed by atoms with Gasteiger partial charge in [0.15, 0.2) is 22.6 Å². The maximum atomic E-state index is 13.8. The molecule has 1 aromatic carbocycles. The lowest BCUT2D eigenvalue weighted by molar-refractivity contribution is -0.116. The number of ether oxygens (including phenoxy) is 1. The third kappa shape index (κ3) is 5.82. The number of ketones is 1. The number of nitrogens with one attached hydrogen (secondary N) is 2. The van der Waals surface area contributed by atoms with E-state index in [2.05, 4.69) is 25.5 Å². The van der Waals surface area contributed by atoms with Crippen LogP contribution in [-0.2, 0) is 11.2 Å². The lowest BCUT2D eigenvalue weighted by Crippen LogP contribution is -2.40. The Morgan fingerprint density at radius 2 is 1.94 bits per heavy atom. The first-order valence-electron chi connectivity index (χ1n) is 10.9. The molecule has 1 aliphatic rings. The first kappa shape index (κ1) is 23.9. The van der Waals surface area contributed by atoms with Gasteiger partial charge in [0.2, 0.25) is 5.75 Å². The molecule has 2 aromatic heterocycles. The minimum atomic E-state index is -2.68. The zero-order valence-electron chi connectivity index (χ0n) is 19.2. The van der Waals surface area contributed by atoms with Crippen molar-refractivity contribution in [2.45, 2.75) is 49.1 Å². The van der Waals surface area contributed by atoms with Crippen LogP contribution in [0.4, 0.5) is 26.2 Å². The van der Waals surface area contributed by atoms with Gasteiger partial charge in [-0.15, -0.1) is 0 Å². The van der Waals surface area contributed by atoms with Crippen LogP contribution in [0.3, 0.4) is 0 Å². The number of anilines is 3. The molecule has 1 fully saturated rings. The Morgan fingerprint density at radius 3 is 2.53 bits per heavy atom. The number of Topliss-reactive ketones (excluding diaryl/α,β-unsaturated/α-hetero) is 1. The summed E-state index contributed by atoms with van der Waals surface area (Å²) in [7, 11) is 1.50. The largest absolute Gasteiger partial charge is 0.490 e. The second kappa shape index (κ2) is 9.96. The van der Waals surface area contributed by atoms with Crippen LogP contribution in [-0.4, -0.2) is 52.1 Å². The molecule has 180 valence electrons. The molecule has 0 amide bonds. The van der Waals surface area contributed by atoms with Gasteiger partial charge in [-0.05, 0) is 43.3 Å². The molecule has 4 rings (SSSR count). The average Bonchev–Trinajstić information content (AvgIpc) is 3.19. The lowest BCUT2D eigenvalue weighted by atomic mass is 10.1. The van der Waals surface area contributed by atoms with Gasteiger partial charge in [0, 0.05) is 49.0 Å². The SMILES string of the molecule is COc1c(Nc2cc(C)[nH]n2)nc(Sc2ccc(CC(C)=O)cc2)nc1N1CCC(F)(F)CC1. The van der Waals surface area contributed by atoms with Crippen LogP contribution in [0.15, 0.2) is 40.4 Å². The number of aromatic nitrogens is 4. The van der Waals surface area contributed by atoms with Crippen LogP contribution < -0.4 is 15.0 Å². The number of methoxy groups -OCH3 is 1. The van der Waals surface area contributed by atoms with Crippen LogP contribution >= 0.6 is 11.8 Å². The first-order valence-corrected chi connectivity index (χ1v) is 11.7. The topological polar surface area (TPSA) is 96.0 Å². The molecule has 3 heterocycles. The van der Waals surface area contributed by atoms with E-state index in [1.807, 2.05) is 37.3 Å². The van der Waals surface area contributed by atoms with Gasteiger partial charge < -0.3 is 15.0 Å². The van der Waals surface area contributed by atoms with Gasteiger partial charge in [-0.3, -0.25) is 9.89 Å². The summed E-state index contributed by atoms with van der Waals surface area (Å²) in [6.07, 6.45) is -0.117. The number of carbonyl (C=O) groups is 1. The zero-order valence-corrected chi connectivity index (χ0v) is 20.0. The fourth-order valence-electron chi connectivity index (χ4n) is 3.67. The molecule has 0 spiro atoms. The van der Waals surface area contributed by atoms with Gasteiger partial charge in [0.1, 0.15) is 5.78 Å². The molecule has 8 nitrogen and oxygen atoms in total. The fraction of sp³-hybridized carbons (Fsp3) is 0.391. The number of piperidine rings is 1. The Balaban J connectivity index is 1.67. The van der Waals surface area contributed by atoms with Crippen LogP contribution in [0, 0.1) is 6.92 Å². The second-order valence-electron chi connectivity index (χ2n) is 8.24. The molecular weight excluding hydrogens is 462 g/mol. The summed E-state index contributed by atoms with van der Waals surface area (Å²) in [5, 5.41) is 10.6. The third-order valence-electron chi connectivity index (χ3n) is 5.36. The van der Waals surface area contributed by atoms with Crippen molar-refractivity contribution in [3.8, 4) is 5.75 Å². The number of hydrogen-bond acceptors (Lipinski definition) is 8. The summed E-state index contributed by atoms with van der Waals surface area (Å²) in [5.74, 6) is -0.809. The maximum absolute atomic E-state index is 13.8. The molecule has 1 saturated heterocycles. The van der Waals surface area contributed by atoms with Gasteiger partial charge in [-0.1, -0.05) is 12.1 Å². The Kier molecular flexibility index (Phi) is 7.01. The Morgan fingerprint density at radius 1 is 1.24 bits per heavy atom. The number of carbonyl (C=O) groups excluding carboxylic acids is 1. The summed E-state index contributed by atoms with van der Waals surface area (Å²) < 4.78 is 33.2. The van der Waals surface area contributed by atoms with Crippen LogP contribution in [0.1, 0.15) is 31.0 Å². The zero-order chi connectivity index (χ0) is 24.3.